The predicted molar refractivity (Wildman–Crippen MR) is 76.3 cm³/mol. The average molecular weight is 285 g/mol. The van der Waals surface area contributed by atoms with Gasteiger partial charge in [-0.15, -0.1) is 0 Å². The molecule has 0 fully saturated rings. The van der Waals surface area contributed by atoms with E-state index in [1.54, 1.807) is 12.4 Å². The lowest BCUT2D eigenvalue weighted by Gasteiger charge is -2.27. The molecule has 0 saturated carbocycles. The Hall–Kier alpha value is -2.63. The van der Waals surface area contributed by atoms with Crippen LogP contribution in [0.3, 0.4) is 0 Å². The number of amides is 1. The fraction of sp³-hybridized carbons (Fsp3) is 0.267. The fourth-order valence-corrected chi connectivity index (χ4v) is 2.60. The summed E-state index contributed by atoms with van der Waals surface area (Å²) in [6.45, 7) is 0.970. The molecule has 1 unspecified atom stereocenters. The van der Waals surface area contributed by atoms with Crippen LogP contribution in [0.5, 0.6) is 5.75 Å². The zero-order valence-corrected chi connectivity index (χ0v) is 11.3. The number of aromatic nitrogens is 2. The third-order valence-electron chi connectivity index (χ3n) is 3.59. The van der Waals surface area contributed by atoms with E-state index in [9.17, 15) is 4.79 Å². The summed E-state index contributed by atoms with van der Waals surface area (Å²) >= 11 is 0. The van der Waals surface area contributed by atoms with Gasteiger partial charge in [-0.2, -0.15) is 10.2 Å². The van der Waals surface area contributed by atoms with Gasteiger partial charge in [0.05, 0.1) is 19.0 Å². The van der Waals surface area contributed by atoms with Gasteiger partial charge in [0.25, 0.3) is 0 Å². The van der Waals surface area contributed by atoms with Crippen molar-refractivity contribution in [2.45, 2.75) is 12.3 Å². The Labute approximate surface area is 121 Å². The Bertz CT molecular complexity index is 646. The second-order valence-corrected chi connectivity index (χ2v) is 4.88. The lowest BCUT2D eigenvalue weighted by atomic mass is 9.90. The lowest BCUT2D eigenvalue weighted by Crippen LogP contribution is -2.29. The number of hydrogen-bond donors (Lipinski definition) is 2. The summed E-state index contributed by atoms with van der Waals surface area (Å²) in [7, 11) is 0. The summed E-state index contributed by atoms with van der Waals surface area (Å²) in [5.41, 5.74) is 2.93. The first-order valence-electron chi connectivity index (χ1n) is 6.75. The van der Waals surface area contributed by atoms with Crippen molar-refractivity contribution in [3.63, 3.8) is 0 Å². The molecule has 108 valence electrons. The summed E-state index contributed by atoms with van der Waals surface area (Å²) in [4.78, 5) is 10.7. The molecular formula is C15H15N3O3. The van der Waals surface area contributed by atoms with Crippen LogP contribution in [-0.4, -0.2) is 34.5 Å². The molecule has 21 heavy (non-hydrogen) atoms. The maximum atomic E-state index is 10.7. The molecule has 1 aliphatic heterocycles. The van der Waals surface area contributed by atoms with Gasteiger partial charge in [0.15, 0.2) is 0 Å². The smallest absolute Gasteiger partial charge is 0.404 e. The van der Waals surface area contributed by atoms with E-state index in [4.69, 9.17) is 9.84 Å². The van der Waals surface area contributed by atoms with Crippen LogP contribution in [0.25, 0.3) is 11.1 Å². The molecule has 2 N–H and O–H groups in total. The Morgan fingerprint density at radius 3 is 3.05 bits per heavy atom. The van der Waals surface area contributed by atoms with Crippen LogP contribution >= 0.6 is 0 Å². The van der Waals surface area contributed by atoms with Crippen molar-refractivity contribution in [2.24, 2.45) is 0 Å². The van der Waals surface area contributed by atoms with Gasteiger partial charge < -0.3 is 15.2 Å². The lowest BCUT2D eigenvalue weighted by molar-refractivity contribution is 0.191. The summed E-state index contributed by atoms with van der Waals surface area (Å²) in [5.74, 6) is 0.938. The quantitative estimate of drug-likeness (QED) is 0.903. The molecule has 0 bridgehead atoms. The molecule has 6 nitrogen and oxygen atoms in total. The van der Waals surface area contributed by atoms with Gasteiger partial charge in [0.1, 0.15) is 5.75 Å². The standard InChI is InChI=1S/C15H15N3O3/c19-15(20)16-8-11-5-7-21-14-12(2-1-3-13(11)14)10-4-6-17-18-9-10/h1-4,6,9,11,16H,5,7-8H2,(H,19,20). The number of carbonyl (C=O) groups is 1. The average Bonchev–Trinajstić information content (AvgIpc) is 2.53. The van der Waals surface area contributed by atoms with E-state index in [0.29, 0.717) is 13.2 Å². The van der Waals surface area contributed by atoms with E-state index in [1.165, 1.54) is 0 Å². The highest BCUT2D eigenvalue weighted by Crippen LogP contribution is 2.40. The highest BCUT2D eigenvalue weighted by atomic mass is 16.5. The van der Waals surface area contributed by atoms with E-state index >= 15 is 0 Å². The molecular weight excluding hydrogens is 270 g/mol. The zero-order valence-electron chi connectivity index (χ0n) is 11.3. The SMILES string of the molecule is O=C(O)NCC1CCOc2c(-c3ccnnc3)cccc21. The number of carboxylic acid groups (broad SMARTS) is 1. The number of rotatable bonds is 3. The van der Waals surface area contributed by atoms with Gasteiger partial charge in [-0.3, -0.25) is 0 Å². The van der Waals surface area contributed by atoms with E-state index in [2.05, 4.69) is 15.5 Å². The van der Waals surface area contributed by atoms with E-state index < -0.39 is 6.09 Å². The second kappa shape index (κ2) is 5.78. The van der Waals surface area contributed by atoms with Crippen molar-refractivity contribution in [1.29, 1.82) is 0 Å². The normalized spacial score (nSPS) is 16.7. The number of hydrogen-bond acceptors (Lipinski definition) is 4. The van der Waals surface area contributed by atoms with Crippen molar-refractivity contribution >= 4 is 6.09 Å². The number of ether oxygens (including phenoxy) is 1. The highest BCUT2D eigenvalue weighted by Gasteiger charge is 2.24. The van der Waals surface area contributed by atoms with E-state index in [1.807, 2.05) is 24.3 Å². The van der Waals surface area contributed by atoms with Crippen molar-refractivity contribution in [3.05, 3.63) is 42.2 Å². The minimum Gasteiger partial charge on any atom is -0.493 e. The van der Waals surface area contributed by atoms with Crippen molar-refractivity contribution in [2.75, 3.05) is 13.2 Å². The minimum atomic E-state index is -1.00. The Morgan fingerprint density at radius 2 is 2.29 bits per heavy atom. The summed E-state index contributed by atoms with van der Waals surface area (Å²) in [6.07, 6.45) is 3.13. The molecule has 1 aliphatic rings. The van der Waals surface area contributed by atoms with Crippen LogP contribution < -0.4 is 10.1 Å². The maximum absolute atomic E-state index is 10.7. The van der Waals surface area contributed by atoms with E-state index in [-0.39, 0.29) is 5.92 Å². The number of para-hydroxylation sites is 1. The van der Waals surface area contributed by atoms with E-state index in [0.717, 1.165) is 28.9 Å². The van der Waals surface area contributed by atoms with Crippen molar-refractivity contribution in [1.82, 2.24) is 15.5 Å². The van der Waals surface area contributed by atoms with Gasteiger partial charge in [0.2, 0.25) is 0 Å². The molecule has 0 saturated heterocycles. The van der Waals surface area contributed by atoms with Gasteiger partial charge in [-0.1, -0.05) is 18.2 Å². The number of nitrogens with zero attached hydrogens (tertiary/aromatic N) is 2. The third kappa shape index (κ3) is 2.79. The summed E-state index contributed by atoms with van der Waals surface area (Å²) in [5, 5.41) is 18.9. The Morgan fingerprint density at radius 1 is 1.38 bits per heavy atom. The van der Waals surface area contributed by atoms with Crippen LogP contribution in [0.1, 0.15) is 17.9 Å². The molecule has 1 amide bonds. The summed E-state index contributed by atoms with van der Waals surface area (Å²) in [6, 6.07) is 7.80. The van der Waals surface area contributed by atoms with Gasteiger partial charge in [-0.05, 0) is 18.1 Å². The van der Waals surface area contributed by atoms with Crippen LogP contribution in [0, 0.1) is 0 Å². The Kier molecular flexibility index (Phi) is 3.68. The van der Waals surface area contributed by atoms with Crippen LogP contribution in [0.4, 0.5) is 4.79 Å². The van der Waals surface area contributed by atoms with Gasteiger partial charge in [-0.25, -0.2) is 4.79 Å². The molecule has 1 atom stereocenters. The zero-order chi connectivity index (χ0) is 14.7. The molecule has 1 aromatic heterocycles. The van der Waals surface area contributed by atoms with Gasteiger partial charge >= 0.3 is 6.09 Å². The third-order valence-corrected chi connectivity index (χ3v) is 3.59. The first-order chi connectivity index (χ1) is 10.3. The van der Waals surface area contributed by atoms with Gasteiger partial charge in [0, 0.05) is 23.6 Å². The molecule has 0 aliphatic carbocycles. The predicted octanol–water partition coefficient (Wildman–Crippen LogP) is 2.28. The molecule has 2 heterocycles. The largest absolute Gasteiger partial charge is 0.493 e. The van der Waals surface area contributed by atoms with Crippen LogP contribution in [0.2, 0.25) is 0 Å². The Balaban J connectivity index is 1.96. The van der Waals surface area contributed by atoms with Crippen molar-refractivity contribution < 1.29 is 14.6 Å². The molecule has 2 aromatic rings. The van der Waals surface area contributed by atoms with Crippen LogP contribution in [0.15, 0.2) is 36.7 Å². The molecule has 6 heteroatoms. The molecule has 1 aromatic carbocycles. The number of benzene rings is 1. The minimum absolute atomic E-state index is 0.125. The topological polar surface area (TPSA) is 84.3 Å². The summed E-state index contributed by atoms with van der Waals surface area (Å²) < 4.78 is 5.82. The molecule has 0 spiro atoms. The second-order valence-electron chi connectivity index (χ2n) is 4.88. The molecule has 0 radical (unpaired) electrons. The van der Waals surface area contributed by atoms with Crippen molar-refractivity contribution in [3.8, 4) is 16.9 Å². The number of fused-ring (bicyclic) bond motifs is 1. The first kappa shape index (κ1) is 13.4. The number of nitrogens with one attached hydrogen (secondary N) is 1. The maximum Gasteiger partial charge on any atom is 0.404 e. The highest BCUT2D eigenvalue weighted by molar-refractivity contribution is 5.72. The fourth-order valence-electron chi connectivity index (χ4n) is 2.60. The van der Waals surface area contributed by atoms with Crippen LogP contribution in [-0.2, 0) is 0 Å². The first-order valence-corrected chi connectivity index (χ1v) is 6.75. The molecule has 3 rings (SSSR count). The monoisotopic (exact) mass is 285 g/mol.